The van der Waals surface area contributed by atoms with Gasteiger partial charge in [-0.3, -0.25) is 0 Å². The molecule has 1 aliphatic carbocycles. The van der Waals surface area contributed by atoms with Gasteiger partial charge in [-0.1, -0.05) is 33.6 Å². The number of rotatable bonds is 3. The van der Waals surface area contributed by atoms with Crippen LogP contribution in [0.2, 0.25) is 0 Å². The van der Waals surface area contributed by atoms with Crippen LogP contribution in [0.15, 0.2) is 0 Å². The lowest BCUT2D eigenvalue weighted by molar-refractivity contribution is -0.0652. The van der Waals surface area contributed by atoms with E-state index in [1.165, 1.54) is 25.7 Å². The van der Waals surface area contributed by atoms with E-state index >= 15 is 0 Å². The van der Waals surface area contributed by atoms with Crippen molar-refractivity contribution in [1.29, 1.82) is 0 Å². The summed E-state index contributed by atoms with van der Waals surface area (Å²) in [6.45, 7) is 9.17. The molecule has 3 nitrogen and oxygen atoms in total. The van der Waals surface area contributed by atoms with Gasteiger partial charge < -0.3 is 15.2 Å². The van der Waals surface area contributed by atoms with Gasteiger partial charge in [-0.15, -0.1) is 0 Å². The van der Waals surface area contributed by atoms with Crippen molar-refractivity contribution in [2.24, 2.45) is 11.3 Å². The summed E-state index contributed by atoms with van der Waals surface area (Å²) >= 11 is 0. The van der Waals surface area contributed by atoms with Crippen LogP contribution >= 0.6 is 0 Å². The third kappa shape index (κ3) is 4.17. The zero-order valence-corrected chi connectivity index (χ0v) is 12.9. The minimum absolute atomic E-state index is 0.358. The Morgan fingerprint density at radius 3 is 2.42 bits per heavy atom. The van der Waals surface area contributed by atoms with Crippen molar-refractivity contribution in [3.05, 3.63) is 0 Å². The van der Waals surface area contributed by atoms with Gasteiger partial charge in [0.25, 0.3) is 0 Å². The fourth-order valence-corrected chi connectivity index (χ4v) is 3.66. The molecule has 2 aliphatic rings. The van der Waals surface area contributed by atoms with E-state index in [0.29, 0.717) is 24.7 Å². The van der Waals surface area contributed by atoms with Crippen molar-refractivity contribution in [3.63, 3.8) is 0 Å². The first-order valence-corrected chi connectivity index (χ1v) is 7.94. The van der Waals surface area contributed by atoms with Crippen LogP contribution in [0.5, 0.6) is 0 Å². The quantitative estimate of drug-likeness (QED) is 0.828. The number of hydrogen-bond donors (Lipinski definition) is 2. The Morgan fingerprint density at radius 1 is 1.16 bits per heavy atom. The van der Waals surface area contributed by atoms with Crippen LogP contribution < -0.4 is 5.32 Å². The van der Waals surface area contributed by atoms with Gasteiger partial charge >= 0.3 is 0 Å². The molecule has 2 fully saturated rings. The Morgan fingerprint density at radius 2 is 1.79 bits per heavy atom. The van der Waals surface area contributed by atoms with Gasteiger partial charge in [0.05, 0.1) is 5.60 Å². The molecule has 112 valence electrons. The molecule has 0 aromatic heterocycles. The van der Waals surface area contributed by atoms with Gasteiger partial charge in [-0.2, -0.15) is 0 Å². The molecule has 19 heavy (non-hydrogen) atoms. The molecule has 1 aliphatic heterocycles. The number of ether oxygens (including phenoxy) is 1. The van der Waals surface area contributed by atoms with E-state index in [0.717, 1.165) is 25.3 Å². The minimum Gasteiger partial charge on any atom is -0.388 e. The second kappa shape index (κ2) is 6.11. The van der Waals surface area contributed by atoms with Gasteiger partial charge in [0.1, 0.15) is 0 Å². The summed E-state index contributed by atoms with van der Waals surface area (Å²) in [6.07, 6.45) is 6.81. The number of nitrogens with one attached hydrogen (secondary N) is 1. The molecule has 0 bridgehead atoms. The second-order valence-electron chi connectivity index (χ2n) is 7.58. The van der Waals surface area contributed by atoms with Crippen molar-refractivity contribution >= 4 is 0 Å². The molecule has 0 radical (unpaired) electrons. The van der Waals surface area contributed by atoms with Crippen LogP contribution in [0.1, 0.15) is 59.3 Å². The molecule has 2 N–H and O–H groups in total. The predicted octanol–water partition coefficient (Wildman–Crippen LogP) is 2.72. The van der Waals surface area contributed by atoms with Gasteiger partial charge in [-0.25, -0.2) is 0 Å². The summed E-state index contributed by atoms with van der Waals surface area (Å²) < 4.78 is 5.34. The highest BCUT2D eigenvalue weighted by atomic mass is 16.5. The zero-order valence-electron chi connectivity index (χ0n) is 12.9. The third-order valence-electron chi connectivity index (χ3n) is 5.00. The third-order valence-corrected chi connectivity index (χ3v) is 5.00. The Kier molecular flexibility index (Phi) is 4.91. The van der Waals surface area contributed by atoms with E-state index in [4.69, 9.17) is 4.74 Å². The van der Waals surface area contributed by atoms with Crippen LogP contribution in [0.3, 0.4) is 0 Å². The normalized spacial score (nSPS) is 32.2. The molecule has 1 saturated heterocycles. The topological polar surface area (TPSA) is 41.5 Å². The van der Waals surface area contributed by atoms with E-state index in [-0.39, 0.29) is 0 Å². The van der Waals surface area contributed by atoms with E-state index in [9.17, 15) is 5.11 Å². The molecule has 2 atom stereocenters. The fraction of sp³-hybridized carbons (Fsp3) is 1.00. The standard InChI is InChI=1S/C16H31NO2/c1-15(2,3)13-6-4-5-7-14(13)17-12-16(18)8-10-19-11-9-16/h13-14,17-18H,4-12H2,1-3H3. The summed E-state index contributed by atoms with van der Waals surface area (Å²) in [5, 5.41) is 14.2. The summed E-state index contributed by atoms with van der Waals surface area (Å²) in [5.74, 6) is 0.727. The van der Waals surface area contributed by atoms with E-state index < -0.39 is 5.60 Å². The molecule has 0 spiro atoms. The Hall–Kier alpha value is -0.120. The molecule has 0 aromatic rings. The maximum atomic E-state index is 10.5. The average molecular weight is 269 g/mol. The molecule has 1 saturated carbocycles. The lowest BCUT2D eigenvalue weighted by Gasteiger charge is -2.43. The average Bonchev–Trinajstić information content (AvgIpc) is 2.37. The van der Waals surface area contributed by atoms with Gasteiger partial charge in [-0.05, 0) is 24.2 Å². The lowest BCUT2D eigenvalue weighted by Crippen LogP contribution is -2.52. The molecule has 3 heteroatoms. The Balaban J connectivity index is 1.89. The first-order chi connectivity index (χ1) is 8.91. The van der Waals surface area contributed by atoms with Gasteiger partial charge in [0.2, 0.25) is 0 Å². The van der Waals surface area contributed by atoms with Crippen molar-refractivity contribution in [2.45, 2.75) is 70.9 Å². The Labute approximate surface area is 118 Å². The summed E-state index contributed by atoms with van der Waals surface area (Å²) in [7, 11) is 0. The highest BCUT2D eigenvalue weighted by Gasteiger charge is 2.36. The monoisotopic (exact) mass is 269 g/mol. The van der Waals surface area contributed by atoms with Crippen molar-refractivity contribution in [3.8, 4) is 0 Å². The van der Waals surface area contributed by atoms with Crippen molar-refractivity contribution in [2.75, 3.05) is 19.8 Å². The van der Waals surface area contributed by atoms with Crippen LogP contribution in [0, 0.1) is 11.3 Å². The van der Waals surface area contributed by atoms with Gasteiger partial charge in [0, 0.05) is 38.6 Å². The van der Waals surface area contributed by atoms with E-state index in [1.807, 2.05) is 0 Å². The SMILES string of the molecule is CC(C)(C)C1CCCCC1NCC1(O)CCOCC1. The van der Waals surface area contributed by atoms with Gasteiger partial charge in [0.15, 0.2) is 0 Å². The smallest absolute Gasteiger partial charge is 0.0815 e. The predicted molar refractivity (Wildman–Crippen MR) is 78.2 cm³/mol. The molecule has 0 aromatic carbocycles. The molecule has 2 rings (SSSR count). The van der Waals surface area contributed by atoms with Crippen LogP contribution in [-0.2, 0) is 4.74 Å². The largest absolute Gasteiger partial charge is 0.388 e. The van der Waals surface area contributed by atoms with E-state index in [2.05, 4.69) is 26.1 Å². The fourth-order valence-electron chi connectivity index (χ4n) is 3.66. The number of aliphatic hydroxyl groups is 1. The summed E-state index contributed by atoms with van der Waals surface area (Å²) in [4.78, 5) is 0. The van der Waals surface area contributed by atoms with Crippen molar-refractivity contribution < 1.29 is 9.84 Å². The van der Waals surface area contributed by atoms with Crippen LogP contribution in [0.25, 0.3) is 0 Å². The number of hydrogen-bond acceptors (Lipinski definition) is 3. The first-order valence-electron chi connectivity index (χ1n) is 7.94. The maximum Gasteiger partial charge on any atom is 0.0815 e. The zero-order chi connectivity index (χ0) is 13.9. The summed E-state index contributed by atoms with van der Waals surface area (Å²) in [6, 6.07) is 0.570. The molecular formula is C16H31NO2. The minimum atomic E-state index is -0.544. The second-order valence-corrected chi connectivity index (χ2v) is 7.58. The molecule has 1 heterocycles. The molecule has 2 unspecified atom stereocenters. The molecular weight excluding hydrogens is 238 g/mol. The highest BCUT2D eigenvalue weighted by molar-refractivity contribution is 4.91. The maximum absolute atomic E-state index is 10.5. The highest BCUT2D eigenvalue weighted by Crippen LogP contribution is 2.38. The van der Waals surface area contributed by atoms with Crippen LogP contribution in [-0.4, -0.2) is 36.5 Å². The summed E-state index contributed by atoms with van der Waals surface area (Å²) in [5.41, 5.74) is -0.186. The van der Waals surface area contributed by atoms with E-state index in [1.54, 1.807) is 0 Å². The Bertz CT molecular complexity index is 279. The van der Waals surface area contributed by atoms with Crippen LogP contribution in [0.4, 0.5) is 0 Å². The lowest BCUT2D eigenvalue weighted by atomic mass is 9.69. The van der Waals surface area contributed by atoms with Crippen molar-refractivity contribution in [1.82, 2.24) is 5.32 Å². The first kappa shape index (κ1) is 15.3. The molecule has 0 amide bonds.